The molecule has 1 aromatic rings. The maximum Gasteiger partial charge on any atom is 0.270 e. The molecule has 23 heavy (non-hydrogen) atoms. The second kappa shape index (κ2) is 6.29. The van der Waals surface area contributed by atoms with Crippen LogP contribution in [-0.2, 0) is 6.42 Å². The topological polar surface area (TPSA) is 42.6 Å². The van der Waals surface area contributed by atoms with Gasteiger partial charge in [0.15, 0.2) is 0 Å². The summed E-state index contributed by atoms with van der Waals surface area (Å²) in [6.45, 7) is 9.73. The third-order valence-electron chi connectivity index (χ3n) is 6.05. The number of fused-ring (bicyclic) bond motifs is 3. The third-order valence-corrected chi connectivity index (χ3v) is 6.05. The maximum absolute atomic E-state index is 12.6. The molecule has 4 aliphatic heterocycles. The molecule has 5 heteroatoms. The molecule has 0 spiro atoms. The van der Waals surface area contributed by atoms with E-state index in [1.807, 2.05) is 17.0 Å². The molecule has 0 saturated carbocycles. The zero-order valence-electron chi connectivity index (χ0n) is 14.1. The van der Waals surface area contributed by atoms with Crippen molar-refractivity contribution in [1.29, 1.82) is 0 Å². The molecule has 0 radical (unpaired) electrons. The predicted octanol–water partition coefficient (Wildman–Crippen LogP) is 1.43. The summed E-state index contributed by atoms with van der Waals surface area (Å²) < 4.78 is 0. The minimum absolute atomic E-state index is 0.165. The largest absolute Gasteiger partial charge is 0.354 e. The number of rotatable bonds is 3. The fourth-order valence-electron chi connectivity index (χ4n) is 4.55. The number of aryl methyl sites for hydroxylation is 1. The molecule has 1 N–H and O–H groups in total. The Hall–Kier alpha value is -1.33. The number of hydrogen-bond acceptors (Lipinski definition) is 3. The Kier molecular flexibility index (Phi) is 4.16. The summed E-state index contributed by atoms with van der Waals surface area (Å²) >= 11 is 0. The predicted molar refractivity (Wildman–Crippen MR) is 90.6 cm³/mol. The fourth-order valence-corrected chi connectivity index (χ4v) is 4.55. The van der Waals surface area contributed by atoms with Crippen molar-refractivity contribution in [2.24, 2.45) is 5.92 Å². The Morgan fingerprint density at radius 2 is 1.87 bits per heavy atom. The quantitative estimate of drug-likeness (QED) is 0.917. The summed E-state index contributed by atoms with van der Waals surface area (Å²) in [6.07, 6.45) is 3.68. The summed E-state index contributed by atoms with van der Waals surface area (Å²) in [6, 6.07) is 4.68. The Morgan fingerprint density at radius 3 is 2.43 bits per heavy atom. The standard InChI is InChI=1S/C18H28N4O/c1-2-15-3-4-16(19-15)18(23)22-11-9-21(10-12-22)17-13-20-7-5-14(17)6-8-20/h3-4,14,17,19H,2,5-13H2,1H3/t17-/m1/s1. The van der Waals surface area contributed by atoms with E-state index in [0.29, 0.717) is 0 Å². The van der Waals surface area contributed by atoms with Gasteiger partial charge in [0.05, 0.1) is 0 Å². The van der Waals surface area contributed by atoms with Crippen LogP contribution in [0.3, 0.4) is 0 Å². The highest BCUT2D eigenvalue weighted by Crippen LogP contribution is 2.31. The van der Waals surface area contributed by atoms with E-state index in [1.165, 1.54) is 32.5 Å². The van der Waals surface area contributed by atoms with Crippen LogP contribution in [0.5, 0.6) is 0 Å². The second-order valence-electron chi connectivity index (χ2n) is 7.28. The van der Waals surface area contributed by atoms with Crippen LogP contribution in [-0.4, -0.2) is 77.4 Å². The van der Waals surface area contributed by atoms with Gasteiger partial charge in [-0.25, -0.2) is 0 Å². The zero-order chi connectivity index (χ0) is 15.8. The summed E-state index contributed by atoms with van der Waals surface area (Å²) in [5, 5.41) is 0. The van der Waals surface area contributed by atoms with Crippen LogP contribution in [0.1, 0.15) is 35.9 Å². The van der Waals surface area contributed by atoms with Crippen molar-refractivity contribution in [2.45, 2.75) is 32.2 Å². The first-order chi connectivity index (χ1) is 11.2. The molecule has 4 fully saturated rings. The third kappa shape index (κ3) is 2.92. The number of nitrogens with zero attached hydrogens (tertiary/aromatic N) is 3. The molecular formula is C18H28N4O. The minimum Gasteiger partial charge on any atom is -0.354 e. The molecule has 0 aliphatic carbocycles. The summed E-state index contributed by atoms with van der Waals surface area (Å²) in [5.41, 5.74) is 1.89. The first-order valence-electron chi connectivity index (χ1n) is 9.18. The van der Waals surface area contributed by atoms with Crippen LogP contribution in [0.15, 0.2) is 12.1 Å². The average molecular weight is 316 g/mol. The lowest BCUT2D eigenvalue weighted by molar-refractivity contribution is -0.0131. The van der Waals surface area contributed by atoms with Gasteiger partial charge in [0, 0.05) is 44.5 Å². The minimum atomic E-state index is 0.165. The highest BCUT2D eigenvalue weighted by atomic mass is 16.2. The van der Waals surface area contributed by atoms with Crippen molar-refractivity contribution in [2.75, 3.05) is 45.8 Å². The van der Waals surface area contributed by atoms with Gasteiger partial charge in [0.25, 0.3) is 5.91 Å². The van der Waals surface area contributed by atoms with E-state index >= 15 is 0 Å². The maximum atomic E-state index is 12.6. The SMILES string of the molecule is CCc1ccc(C(=O)N2CCN([C@@H]3CN4CCC3CC4)CC2)[nH]1. The molecular weight excluding hydrogens is 288 g/mol. The molecule has 5 rings (SSSR count). The fraction of sp³-hybridized carbons (Fsp3) is 0.722. The number of amides is 1. The van der Waals surface area contributed by atoms with E-state index in [1.54, 1.807) is 0 Å². The Morgan fingerprint density at radius 1 is 1.13 bits per heavy atom. The number of H-pyrrole nitrogens is 1. The van der Waals surface area contributed by atoms with E-state index in [2.05, 4.69) is 21.7 Å². The van der Waals surface area contributed by atoms with E-state index in [9.17, 15) is 4.79 Å². The number of piperazine rings is 1. The van der Waals surface area contributed by atoms with Gasteiger partial charge >= 0.3 is 0 Å². The Balaban J connectivity index is 1.34. The van der Waals surface area contributed by atoms with Gasteiger partial charge in [0.1, 0.15) is 5.69 Å². The van der Waals surface area contributed by atoms with Gasteiger partial charge in [-0.1, -0.05) is 6.92 Å². The smallest absolute Gasteiger partial charge is 0.270 e. The molecule has 5 nitrogen and oxygen atoms in total. The number of aromatic nitrogens is 1. The van der Waals surface area contributed by atoms with E-state index < -0.39 is 0 Å². The normalized spacial score (nSPS) is 31.5. The lowest BCUT2D eigenvalue weighted by Crippen LogP contribution is -2.61. The first kappa shape index (κ1) is 15.2. The number of nitrogens with one attached hydrogen (secondary N) is 1. The molecule has 1 aromatic heterocycles. The molecule has 1 atom stereocenters. The van der Waals surface area contributed by atoms with Gasteiger partial charge in [-0.3, -0.25) is 9.69 Å². The van der Waals surface area contributed by atoms with Gasteiger partial charge in [0.2, 0.25) is 0 Å². The van der Waals surface area contributed by atoms with E-state index in [4.69, 9.17) is 0 Å². The van der Waals surface area contributed by atoms with Crippen molar-refractivity contribution in [3.8, 4) is 0 Å². The van der Waals surface area contributed by atoms with Crippen molar-refractivity contribution in [3.63, 3.8) is 0 Å². The Labute approximate surface area is 138 Å². The van der Waals surface area contributed by atoms with Crippen LogP contribution < -0.4 is 0 Å². The van der Waals surface area contributed by atoms with Crippen molar-refractivity contribution in [1.82, 2.24) is 19.7 Å². The zero-order valence-corrected chi connectivity index (χ0v) is 14.1. The first-order valence-corrected chi connectivity index (χ1v) is 9.18. The number of hydrogen-bond donors (Lipinski definition) is 1. The highest BCUT2D eigenvalue weighted by molar-refractivity contribution is 5.92. The highest BCUT2D eigenvalue weighted by Gasteiger charge is 2.38. The molecule has 0 aromatic carbocycles. The van der Waals surface area contributed by atoms with Crippen molar-refractivity contribution >= 4 is 5.91 Å². The molecule has 0 unspecified atom stereocenters. The number of aromatic amines is 1. The summed E-state index contributed by atoms with van der Waals surface area (Å²) in [5.74, 6) is 1.05. The van der Waals surface area contributed by atoms with Gasteiger partial charge in [-0.15, -0.1) is 0 Å². The monoisotopic (exact) mass is 316 g/mol. The van der Waals surface area contributed by atoms with E-state index in [-0.39, 0.29) is 5.91 Å². The van der Waals surface area contributed by atoms with Gasteiger partial charge in [-0.2, -0.15) is 0 Å². The van der Waals surface area contributed by atoms with Gasteiger partial charge in [-0.05, 0) is 50.4 Å². The summed E-state index contributed by atoms with van der Waals surface area (Å²) in [4.78, 5) is 23.1. The average Bonchev–Trinajstić information content (AvgIpc) is 3.11. The van der Waals surface area contributed by atoms with Crippen LogP contribution in [0.2, 0.25) is 0 Å². The molecule has 4 aliphatic rings. The number of carbonyl (C=O) groups excluding carboxylic acids is 1. The molecule has 5 heterocycles. The van der Waals surface area contributed by atoms with Crippen LogP contribution in [0.25, 0.3) is 0 Å². The summed E-state index contributed by atoms with van der Waals surface area (Å²) in [7, 11) is 0. The van der Waals surface area contributed by atoms with Gasteiger partial charge < -0.3 is 14.8 Å². The lowest BCUT2D eigenvalue weighted by Gasteiger charge is -2.50. The van der Waals surface area contributed by atoms with Crippen LogP contribution in [0.4, 0.5) is 0 Å². The number of piperidine rings is 3. The molecule has 2 bridgehead atoms. The lowest BCUT2D eigenvalue weighted by atomic mass is 9.83. The molecule has 1 amide bonds. The molecule has 126 valence electrons. The van der Waals surface area contributed by atoms with Crippen molar-refractivity contribution < 1.29 is 4.79 Å². The molecule has 4 saturated heterocycles. The number of carbonyl (C=O) groups is 1. The Bertz CT molecular complexity index is 553. The van der Waals surface area contributed by atoms with Crippen LogP contribution >= 0.6 is 0 Å². The van der Waals surface area contributed by atoms with E-state index in [0.717, 1.165) is 55.9 Å². The van der Waals surface area contributed by atoms with Crippen LogP contribution in [0, 0.1) is 5.92 Å². The second-order valence-corrected chi connectivity index (χ2v) is 7.28. The van der Waals surface area contributed by atoms with Crippen molar-refractivity contribution in [3.05, 3.63) is 23.5 Å².